The maximum absolute atomic E-state index is 5.94. The SMILES string of the molecule is CN(C)c1ccc(N)c(OCC2CCC(C)(C)O2)c1. The van der Waals surface area contributed by atoms with Crippen molar-refractivity contribution in [2.24, 2.45) is 0 Å². The zero-order chi connectivity index (χ0) is 14.0. The quantitative estimate of drug-likeness (QED) is 0.849. The van der Waals surface area contributed by atoms with Gasteiger partial charge in [0.25, 0.3) is 0 Å². The van der Waals surface area contributed by atoms with Crippen LogP contribution in [0.4, 0.5) is 11.4 Å². The van der Waals surface area contributed by atoms with Crippen LogP contribution >= 0.6 is 0 Å². The number of nitrogen functional groups attached to an aromatic ring is 1. The highest BCUT2D eigenvalue weighted by Gasteiger charge is 2.31. The Morgan fingerprint density at radius 2 is 2.16 bits per heavy atom. The van der Waals surface area contributed by atoms with E-state index in [4.69, 9.17) is 15.2 Å². The van der Waals surface area contributed by atoms with Gasteiger partial charge in [-0.1, -0.05) is 0 Å². The minimum atomic E-state index is -0.0228. The second kappa shape index (κ2) is 5.29. The summed E-state index contributed by atoms with van der Waals surface area (Å²) >= 11 is 0. The molecule has 0 amide bonds. The highest BCUT2D eigenvalue weighted by Crippen LogP contribution is 2.31. The van der Waals surface area contributed by atoms with Gasteiger partial charge in [0.2, 0.25) is 0 Å². The Bertz CT molecular complexity index is 444. The Kier molecular flexibility index (Phi) is 3.90. The molecule has 4 nitrogen and oxygen atoms in total. The summed E-state index contributed by atoms with van der Waals surface area (Å²) in [6.45, 7) is 4.80. The van der Waals surface area contributed by atoms with Crippen molar-refractivity contribution in [2.75, 3.05) is 31.3 Å². The van der Waals surface area contributed by atoms with Crippen LogP contribution in [0.15, 0.2) is 18.2 Å². The Labute approximate surface area is 115 Å². The third-order valence-electron chi connectivity index (χ3n) is 3.49. The monoisotopic (exact) mass is 264 g/mol. The molecule has 0 aromatic heterocycles. The van der Waals surface area contributed by atoms with Crippen molar-refractivity contribution in [3.05, 3.63) is 18.2 Å². The number of hydrogen-bond acceptors (Lipinski definition) is 4. The summed E-state index contributed by atoms with van der Waals surface area (Å²) in [5, 5.41) is 0. The van der Waals surface area contributed by atoms with Crippen LogP contribution in [0.5, 0.6) is 5.75 Å². The standard InChI is InChI=1S/C15H24N2O2/c1-15(2)8-7-12(19-15)10-18-14-9-11(17(3)4)5-6-13(14)16/h5-6,9,12H,7-8,10,16H2,1-4H3. The lowest BCUT2D eigenvalue weighted by molar-refractivity contribution is -0.0325. The van der Waals surface area contributed by atoms with Gasteiger partial charge in [0.1, 0.15) is 12.4 Å². The van der Waals surface area contributed by atoms with Gasteiger partial charge in [0.05, 0.1) is 17.4 Å². The van der Waals surface area contributed by atoms with Gasteiger partial charge >= 0.3 is 0 Å². The van der Waals surface area contributed by atoms with E-state index in [1.807, 2.05) is 37.2 Å². The highest BCUT2D eigenvalue weighted by atomic mass is 16.6. The molecule has 0 bridgehead atoms. The second-order valence-electron chi connectivity index (χ2n) is 5.97. The first-order valence-corrected chi connectivity index (χ1v) is 6.75. The molecule has 0 aliphatic carbocycles. The number of nitrogens with two attached hydrogens (primary N) is 1. The van der Waals surface area contributed by atoms with E-state index in [1.54, 1.807) is 0 Å². The second-order valence-corrected chi connectivity index (χ2v) is 5.97. The van der Waals surface area contributed by atoms with Gasteiger partial charge in [-0.25, -0.2) is 0 Å². The zero-order valence-electron chi connectivity index (χ0n) is 12.3. The van der Waals surface area contributed by atoms with E-state index in [2.05, 4.69) is 13.8 Å². The van der Waals surface area contributed by atoms with Crippen molar-refractivity contribution in [2.45, 2.75) is 38.4 Å². The molecule has 0 radical (unpaired) electrons. The van der Waals surface area contributed by atoms with Crippen LogP contribution in [0.3, 0.4) is 0 Å². The maximum Gasteiger partial charge on any atom is 0.144 e. The normalized spacial score (nSPS) is 21.4. The van der Waals surface area contributed by atoms with Crippen LogP contribution in [0.2, 0.25) is 0 Å². The van der Waals surface area contributed by atoms with E-state index >= 15 is 0 Å². The van der Waals surface area contributed by atoms with Crippen molar-refractivity contribution >= 4 is 11.4 Å². The average Bonchev–Trinajstić information content (AvgIpc) is 2.67. The third-order valence-corrected chi connectivity index (χ3v) is 3.49. The van der Waals surface area contributed by atoms with Crippen molar-refractivity contribution in [3.63, 3.8) is 0 Å². The van der Waals surface area contributed by atoms with E-state index in [0.29, 0.717) is 12.3 Å². The lowest BCUT2D eigenvalue weighted by Gasteiger charge is -2.20. The molecule has 1 saturated heterocycles. The van der Waals surface area contributed by atoms with Gasteiger partial charge in [0, 0.05) is 25.8 Å². The maximum atomic E-state index is 5.94. The number of nitrogens with zero attached hydrogens (tertiary/aromatic N) is 1. The fraction of sp³-hybridized carbons (Fsp3) is 0.600. The minimum absolute atomic E-state index is 0.0228. The van der Waals surface area contributed by atoms with Crippen molar-refractivity contribution in [1.82, 2.24) is 0 Å². The molecular weight excluding hydrogens is 240 g/mol. The number of hydrogen-bond donors (Lipinski definition) is 1. The molecule has 1 aliphatic heterocycles. The van der Waals surface area contributed by atoms with E-state index in [9.17, 15) is 0 Å². The Morgan fingerprint density at radius 3 is 2.74 bits per heavy atom. The topological polar surface area (TPSA) is 47.7 Å². The van der Waals surface area contributed by atoms with Gasteiger partial charge in [-0.05, 0) is 38.8 Å². The summed E-state index contributed by atoms with van der Waals surface area (Å²) in [4.78, 5) is 2.03. The van der Waals surface area contributed by atoms with Crippen molar-refractivity contribution < 1.29 is 9.47 Å². The van der Waals surface area contributed by atoms with Crippen LogP contribution in [-0.4, -0.2) is 32.4 Å². The van der Waals surface area contributed by atoms with Gasteiger partial charge in [-0.15, -0.1) is 0 Å². The van der Waals surface area contributed by atoms with Gasteiger partial charge in [0.15, 0.2) is 0 Å². The van der Waals surface area contributed by atoms with Gasteiger partial charge < -0.3 is 20.1 Å². The third kappa shape index (κ3) is 3.53. The first-order chi connectivity index (χ1) is 8.87. The first-order valence-electron chi connectivity index (χ1n) is 6.75. The smallest absolute Gasteiger partial charge is 0.144 e. The lowest BCUT2D eigenvalue weighted by atomic mass is 10.1. The Balaban J connectivity index is 1.98. The summed E-state index contributed by atoms with van der Waals surface area (Å²) < 4.78 is 11.7. The van der Waals surface area contributed by atoms with E-state index in [1.165, 1.54) is 0 Å². The number of anilines is 2. The average molecular weight is 264 g/mol. The number of benzene rings is 1. The molecule has 106 valence electrons. The van der Waals surface area contributed by atoms with E-state index in [-0.39, 0.29) is 11.7 Å². The van der Waals surface area contributed by atoms with Gasteiger partial charge in [-0.2, -0.15) is 0 Å². The summed E-state index contributed by atoms with van der Waals surface area (Å²) in [6.07, 6.45) is 2.28. The summed E-state index contributed by atoms with van der Waals surface area (Å²) in [5.74, 6) is 0.736. The number of rotatable bonds is 4. The predicted molar refractivity (Wildman–Crippen MR) is 78.9 cm³/mol. The molecule has 2 rings (SSSR count). The van der Waals surface area contributed by atoms with Crippen molar-refractivity contribution in [1.29, 1.82) is 0 Å². The predicted octanol–water partition coefficient (Wildman–Crippen LogP) is 2.67. The largest absolute Gasteiger partial charge is 0.489 e. The van der Waals surface area contributed by atoms with Crippen LogP contribution in [-0.2, 0) is 4.74 Å². The van der Waals surface area contributed by atoms with Crippen LogP contribution in [0, 0.1) is 0 Å². The summed E-state index contributed by atoms with van der Waals surface area (Å²) in [7, 11) is 4.00. The molecule has 1 aliphatic rings. The molecule has 19 heavy (non-hydrogen) atoms. The molecule has 1 heterocycles. The fourth-order valence-corrected chi connectivity index (χ4v) is 2.30. The minimum Gasteiger partial charge on any atom is -0.489 e. The van der Waals surface area contributed by atoms with Crippen LogP contribution in [0.25, 0.3) is 0 Å². The molecule has 1 aromatic rings. The van der Waals surface area contributed by atoms with E-state index in [0.717, 1.165) is 24.3 Å². The van der Waals surface area contributed by atoms with Crippen LogP contribution < -0.4 is 15.4 Å². The highest BCUT2D eigenvalue weighted by molar-refractivity contribution is 5.61. The van der Waals surface area contributed by atoms with E-state index < -0.39 is 0 Å². The van der Waals surface area contributed by atoms with Crippen LogP contribution in [0.1, 0.15) is 26.7 Å². The molecule has 0 saturated carbocycles. The molecule has 1 fully saturated rings. The first kappa shape index (κ1) is 14.0. The lowest BCUT2D eigenvalue weighted by Crippen LogP contribution is -2.24. The molecule has 1 unspecified atom stereocenters. The fourth-order valence-electron chi connectivity index (χ4n) is 2.30. The summed E-state index contributed by atoms with van der Waals surface area (Å²) in [6, 6.07) is 5.83. The molecule has 1 atom stereocenters. The summed E-state index contributed by atoms with van der Waals surface area (Å²) in [5.41, 5.74) is 7.67. The molecule has 0 spiro atoms. The zero-order valence-corrected chi connectivity index (χ0v) is 12.3. The van der Waals surface area contributed by atoms with Crippen molar-refractivity contribution in [3.8, 4) is 5.75 Å². The number of ether oxygens (including phenoxy) is 2. The van der Waals surface area contributed by atoms with Gasteiger partial charge in [-0.3, -0.25) is 0 Å². The molecular formula is C15H24N2O2. The Morgan fingerprint density at radius 1 is 1.42 bits per heavy atom. The Hall–Kier alpha value is -1.42. The molecule has 2 N–H and O–H groups in total. The molecule has 4 heteroatoms. The molecule has 1 aromatic carbocycles.